The number of benzene rings is 2. The Morgan fingerprint density at radius 1 is 0.893 bits per heavy atom. The first kappa shape index (κ1) is 19.8. The minimum Gasteiger partial charge on any atom is -0.478 e. The molecule has 0 radical (unpaired) electrons. The molecule has 1 heterocycles. The largest absolute Gasteiger partial charge is 0.478 e. The fourth-order valence-electron chi connectivity index (χ4n) is 3.42. The van der Waals surface area contributed by atoms with Gasteiger partial charge in [0.05, 0.1) is 0 Å². The lowest BCUT2D eigenvalue weighted by Crippen LogP contribution is -2.29. The highest BCUT2D eigenvalue weighted by Crippen LogP contribution is 2.27. The van der Waals surface area contributed by atoms with E-state index in [1.54, 1.807) is 12.2 Å². The molecule has 2 aromatic carbocycles. The van der Waals surface area contributed by atoms with E-state index in [4.69, 9.17) is 5.11 Å². The zero-order valence-corrected chi connectivity index (χ0v) is 16.0. The summed E-state index contributed by atoms with van der Waals surface area (Å²) in [5, 5.41) is 8.65. The number of hydrogen-bond donors (Lipinski definition) is 1. The predicted octanol–water partition coefficient (Wildman–Crippen LogP) is 4.49. The first-order valence-electron chi connectivity index (χ1n) is 9.53. The number of hydrogen-bond acceptors (Lipinski definition) is 3. The summed E-state index contributed by atoms with van der Waals surface area (Å²) in [5.74, 6) is -0.411. The van der Waals surface area contributed by atoms with Crippen molar-refractivity contribution in [2.75, 3.05) is 20.1 Å². The molecule has 0 spiro atoms. The molecule has 0 saturated carbocycles. The maximum absolute atomic E-state index is 12.4. The molecule has 28 heavy (non-hydrogen) atoms. The van der Waals surface area contributed by atoms with Crippen molar-refractivity contribution in [3.63, 3.8) is 0 Å². The summed E-state index contributed by atoms with van der Waals surface area (Å²) in [6.07, 6.45) is 8.32. The van der Waals surface area contributed by atoms with Crippen LogP contribution in [0.15, 0.2) is 60.7 Å². The van der Waals surface area contributed by atoms with Crippen molar-refractivity contribution in [1.82, 2.24) is 4.90 Å². The van der Waals surface area contributed by atoms with Crippen LogP contribution in [-0.4, -0.2) is 41.9 Å². The highest BCUT2D eigenvalue weighted by molar-refractivity contribution is 6.06. The molecule has 0 aromatic heterocycles. The van der Waals surface area contributed by atoms with Gasteiger partial charge in [-0.3, -0.25) is 4.79 Å². The number of carboxylic acid groups (broad SMARTS) is 1. The molecule has 0 bridgehead atoms. The van der Waals surface area contributed by atoms with Crippen molar-refractivity contribution in [3.8, 4) is 0 Å². The van der Waals surface area contributed by atoms with Gasteiger partial charge in [0.2, 0.25) is 0 Å². The average Bonchev–Trinajstić information content (AvgIpc) is 2.72. The van der Waals surface area contributed by atoms with Crippen LogP contribution in [0.25, 0.3) is 12.2 Å². The van der Waals surface area contributed by atoms with E-state index >= 15 is 0 Å². The van der Waals surface area contributed by atoms with Crippen LogP contribution in [0.1, 0.15) is 45.8 Å². The third-order valence-corrected chi connectivity index (χ3v) is 5.17. The Labute approximate surface area is 165 Å². The molecular weight excluding hydrogens is 350 g/mol. The number of carboxylic acids is 1. The fourth-order valence-corrected chi connectivity index (χ4v) is 3.42. The standard InChI is InChI=1S/C24H25NO3/c1-25-16-14-21(15-17-25)20-8-10-22(11-9-20)23(26)12-6-18-2-4-19(5-3-18)7-13-24(27)28/h2-13,21H,14-17H2,1H3,(H,27,28)/b12-6+,13-7+. The smallest absolute Gasteiger partial charge is 0.328 e. The molecule has 1 saturated heterocycles. The number of carbonyl (C=O) groups excluding carboxylic acids is 1. The van der Waals surface area contributed by atoms with Crippen molar-refractivity contribution >= 4 is 23.9 Å². The predicted molar refractivity (Wildman–Crippen MR) is 112 cm³/mol. The molecular formula is C24H25NO3. The Bertz CT molecular complexity index is 871. The van der Waals surface area contributed by atoms with Gasteiger partial charge in [0, 0.05) is 11.6 Å². The van der Waals surface area contributed by atoms with Crippen molar-refractivity contribution in [2.45, 2.75) is 18.8 Å². The lowest BCUT2D eigenvalue weighted by Gasteiger charge is -2.29. The van der Waals surface area contributed by atoms with Crippen molar-refractivity contribution in [3.05, 3.63) is 82.9 Å². The van der Waals surface area contributed by atoms with Gasteiger partial charge in [-0.1, -0.05) is 54.6 Å². The quantitative estimate of drug-likeness (QED) is 0.597. The first-order valence-corrected chi connectivity index (χ1v) is 9.53. The van der Waals surface area contributed by atoms with Gasteiger partial charge in [0.1, 0.15) is 0 Å². The topological polar surface area (TPSA) is 57.6 Å². The van der Waals surface area contributed by atoms with Crippen molar-refractivity contribution < 1.29 is 14.7 Å². The third-order valence-electron chi connectivity index (χ3n) is 5.17. The molecule has 2 aromatic rings. The molecule has 144 valence electrons. The molecule has 1 aliphatic heterocycles. The molecule has 0 unspecified atom stereocenters. The summed E-state index contributed by atoms with van der Waals surface area (Å²) in [4.78, 5) is 25.3. The number of aliphatic carboxylic acids is 1. The number of carbonyl (C=O) groups is 2. The van der Waals surface area contributed by atoms with Crippen molar-refractivity contribution in [2.24, 2.45) is 0 Å². The van der Waals surface area contributed by atoms with Gasteiger partial charge in [-0.15, -0.1) is 0 Å². The third kappa shape index (κ3) is 5.51. The van der Waals surface area contributed by atoms with Crippen LogP contribution in [0.3, 0.4) is 0 Å². The molecule has 0 aliphatic carbocycles. The summed E-state index contributed by atoms with van der Waals surface area (Å²) < 4.78 is 0. The normalized spacial score (nSPS) is 16.0. The van der Waals surface area contributed by atoms with E-state index in [1.807, 2.05) is 36.4 Å². The highest BCUT2D eigenvalue weighted by atomic mass is 16.4. The minimum atomic E-state index is -0.976. The van der Waals surface area contributed by atoms with Crippen LogP contribution < -0.4 is 0 Å². The molecule has 4 nitrogen and oxygen atoms in total. The average molecular weight is 375 g/mol. The van der Waals surface area contributed by atoms with Gasteiger partial charge in [0.15, 0.2) is 5.78 Å². The van der Waals surface area contributed by atoms with E-state index in [2.05, 4.69) is 24.1 Å². The second-order valence-corrected chi connectivity index (χ2v) is 7.24. The molecule has 0 atom stereocenters. The van der Waals surface area contributed by atoms with Gasteiger partial charge in [-0.2, -0.15) is 0 Å². The number of piperidine rings is 1. The number of rotatable bonds is 6. The van der Waals surface area contributed by atoms with E-state index in [0.717, 1.165) is 30.3 Å². The lowest BCUT2D eigenvalue weighted by atomic mass is 9.89. The molecule has 0 amide bonds. The first-order chi connectivity index (χ1) is 13.5. The maximum atomic E-state index is 12.4. The van der Waals surface area contributed by atoms with Gasteiger partial charge >= 0.3 is 5.97 Å². The maximum Gasteiger partial charge on any atom is 0.328 e. The number of allylic oxidation sites excluding steroid dienone is 1. The molecule has 4 heteroatoms. The molecule has 1 fully saturated rings. The van der Waals surface area contributed by atoms with Crippen LogP contribution in [0.4, 0.5) is 0 Å². The molecule has 1 N–H and O–H groups in total. The Morgan fingerprint density at radius 3 is 1.96 bits per heavy atom. The van der Waals surface area contributed by atoms with E-state index in [0.29, 0.717) is 11.5 Å². The number of ketones is 1. The van der Waals surface area contributed by atoms with Gasteiger partial charge in [0.25, 0.3) is 0 Å². The van der Waals surface area contributed by atoms with Crippen LogP contribution >= 0.6 is 0 Å². The van der Waals surface area contributed by atoms with Gasteiger partial charge in [-0.05, 0) is 67.7 Å². The highest BCUT2D eigenvalue weighted by Gasteiger charge is 2.18. The zero-order valence-electron chi connectivity index (χ0n) is 16.0. The Kier molecular flexibility index (Phi) is 6.56. The van der Waals surface area contributed by atoms with Crippen molar-refractivity contribution in [1.29, 1.82) is 0 Å². The van der Waals surface area contributed by atoms with E-state index < -0.39 is 5.97 Å². The van der Waals surface area contributed by atoms with Crippen LogP contribution in [0.5, 0.6) is 0 Å². The van der Waals surface area contributed by atoms with Crippen LogP contribution in [-0.2, 0) is 4.79 Å². The summed E-state index contributed by atoms with van der Waals surface area (Å²) in [6.45, 7) is 2.25. The summed E-state index contributed by atoms with van der Waals surface area (Å²) in [6, 6.07) is 15.4. The van der Waals surface area contributed by atoms with E-state index in [1.165, 1.54) is 24.5 Å². The lowest BCUT2D eigenvalue weighted by molar-refractivity contribution is -0.131. The number of likely N-dealkylation sites (tertiary alicyclic amines) is 1. The monoisotopic (exact) mass is 375 g/mol. The van der Waals surface area contributed by atoms with Crippen LogP contribution in [0.2, 0.25) is 0 Å². The second kappa shape index (κ2) is 9.29. The molecule has 3 rings (SSSR count). The Morgan fingerprint density at radius 2 is 1.43 bits per heavy atom. The minimum absolute atomic E-state index is 0.0234. The van der Waals surface area contributed by atoms with Gasteiger partial charge in [-0.25, -0.2) is 4.79 Å². The summed E-state index contributed by atoms with van der Waals surface area (Å²) >= 11 is 0. The Hall–Kier alpha value is -2.98. The zero-order chi connectivity index (χ0) is 19.9. The fraction of sp³-hybridized carbons (Fsp3) is 0.250. The Balaban J connectivity index is 1.60. The summed E-state index contributed by atoms with van der Waals surface area (Å²) in [7, 11) is 2.16. The number of nitrogens with zero attached hydrogens (tertiary/aromatic N) is 1. The van der Waals surface area contributed by atoms with Gasteiger partial charge < -0.3 is 10.0 Å². The SMILES string of the molecule is CN1CCC(c2ccc(C(=O)/C=C/c3ccc(/C=C/C(=O)O)cc3)cc2)CC1. The van der Waals surface area contributed by atoms with E-state index in [9.17, 15) is 9.59 Å². The van der Waals surface area contributed by atoms with Crippen LogP contribution in [0, 0.1) is 0 Å². The molecule has 1 aliphatic rings. The second-order valence-electron chi connectivity index (χ2n) is 7.24. The van der Waals surface area contributed by atoms with E-state index in [-0.39, 0.29) is 5.78 Å². The summed E-state index contributed by atoms with van der Waals surface area (Å²) in [5.41, 5.74) is 3.70.